The Morgan fingerprint density at radius 2 is 2.07 bits per heavy atom. The van der Waals surface area contributed by atoms with E-state index in [1.807, 2.05) is 6.92 Å². The number of para-hydroxylation sites is 1. The van der Waals surface area contributed by atoms with Gasteiger partial charge in [-0.1, -0.05) is 29.8 Å². The third-order valence-electron chi connectivity index (χ3n) is 4.06. The lowest BCUT2D eigenvalue weighted by atomic mass is 10.1. The normalized spacial score (nSPS) is 11.6. The Kier molecular flexibility index (Phi) is 5.18. The minimum atomic E-state index is -0.549. The Morgan fingerprint density at radius 3 is 2.78 bits per heavy atom. The molecule has 0 saturated carbocycles. The second-order valence-electron chi connectivity index (χ2n) is 5.73. The molecule has 138 valence electrons. The molecule has 1 aromatic heterocycles. The van der Waals surface area contributed by atoms with Gasteiger partial charge in [-0.25, -0.2) is 10.4 Å². The fourth-order valence-corrected chi connectivity index (χ4v) is 2.81. The number of halogens is 1. The molecule has 0 unspecified atom stereocenters. The maximum absolute atomic E-state index is 12.6. The zero-order chi connectivity index (χ0) is 19.6. The summed E-state index contributed by atoms with van der Waals surface area (Å²) in [4.78, 5) is 27.5. The Hall–Kier alpha value is -3.26. The van der Waals surface area contributed by atoms with Crippen LogP contribution in [0.25, 0.3) is 10.9 Å². The molecule has 0 aliphatic heterocycles. The first-order valence-electron chi connectivity index (χ1n) is 8.16. The highest BCUT2D eigenvalue weighted by Gasteiger charge is 2.14. The number of aromatic nitrogens is 2. The van der Waals surface area contributed by atoms with Crippen LogP contribution in [0.1, 0.15) is 19.4 Å². The van der Waals surface area contributed by atoms with Crippen molar-refractivity contribution < 1.29 is 4.92 Å². The number of nitro groups is 1. The molecule has 0 aliphatic carbocycles. The molecule has 1 N–H and O–H groups in total. The van der Waals surface area contributed by atoms with Crippen LogP contribution in [0.3, 0.4) is 0 Å². The molecule has 0 bridgehead atoms. The van der Waals surface area contributed by atoms with Crippen LogP contribution in [0.4, 0.5) is 11.6 Å². The van der Waals surface area contributed by atoms with Gasteiger partial charge in [0.2, 0.25) is 5.95 Å². The Labute approximate surface area is 159 Å². The summed E-state index contributed by atoms with van der Waals surface area (Å²) in [6.07, 6.45) is 0. The zero-order valence-electron chi connectivity index (χ0n) is 14.6. The zero-order valence-corrected chi connectivity index (χ0v) is 15.4. The highest BCUT2D eigenvalue weighted by Crippen LogP contribution is 2.25. The minimum absolute atomic E-state index is 0.0560. The number of anilines is 1. The van der Waals surface area contributed by atoms with Crippen molar-refractivity contribution in [3.8, 4) is 0 Å². The summed E-state index contributed by atoms with van der Waals surface area (Å²) in [5.41, 5.74) is 4.01. The van der Waals surface area contributed by atoms with E-state index in [-0.39, 0.29) is 16.3 Å². The predicted molar refractivity (Wildman–Crippen MR) is 106 cm³/mol. The molecule has 0 radical (unpaired) electrons. The van der Waals surface area contributed by atoms with Gasteiger partial charge in [0.25, 0.3) is 11.2 Å². The summed E-state index contributed by atoms with van der Waals surface area (Å²) >= 11 is 5.84. The first-order valence-corrected chi connectivity index (χ1v) is 8.54. The van der Waals surface area contributed by atoms with Gasteiger partial charge >= 0.3 is 0 Å². The molecular formula is C18H16ClN5O3. The molecule has 3 aromatic rings. The van der Waals surface area contributed by atoms with E-state index in [0.29, 0.717) is 34.7 Å². The summed E-state index contributed by atoms with van der Waals surface area (Å²) in [6, 6.07) is 11.5. The fourth-order valence-electron chi connectivity index (χ4n) is 2.62. The van der Waals surface area contributed by atoms with Crippen molar-refractivity contribution >= 4 is 39.9 Å². The molecule has 2 aromatic carbocycles. The third kappa shape index (κ3) is 3.65. The van der Waals surface area contributed by atoms with Gasteiger partial charge < -0.3 is 0 Å². The molecule has 9 heteroatoms. The number of hydrazone groups is 1. The summed E-state index contributed by atoms with van der Waals surface area (Å²) in [7, 11) is 0. The molecular weight excluding hydrogens is 370 g/mol. The van der Waals surface area contributed by atoms with Crippen molar-refractivity contribution in [2.75, 3.05) is 5.43 Å². The van der Waals surface area contributed by atoms with Crippen LogP contribution in [0.2, 0.25) is 5.02 Å². The van der Waals surface area contributed by atoms with Crippen LogP contribution in [0.15, 0.2) is 52.4 Å². The molecule has 3 rings (SSSR count). The summed E-state index contributed by atoms with van der Waals surface area (Å²) in [5, 5.41) is 15.9. The Bertz CT molecular complexity index is 1120. The number of fused-ring (bicyclic) bond motifs is 1. The number of nitro benzene ring substituents is 1. The van der Waals surface area contributed by atoms with Gasteiger partial charge in [0.15, 0.2) is 0 Å². The van der Waals surface area contributed by atoms with E-state index in [1.165, 1.54) is 16.7 Å². The van der Waals surface area contributed by atoms with Crippen LogP contribution in [-0.4, -0.2) is 20.2 Å². The number of rotatable bonds is 5. The largest absolute Gasteiger partial charge is 0.288 e. The molecule has 0 atom stereocenters. The summed E-state index contributed by atoms with van der Waals surface area (Å²) in [5.74, 6) is 0.295. The van der Waals surface area contributed by atoms with Crippen LogP contribution < -0.4 is 11.0 Å². The van der Waals surface area contributed by atoms with E-state index in [4.69, 9.17) is 11.6 Å². The monoisotopic (exact) mass is 385 g/mol. The Morgan fingerprint density at radius 1 is 1.33 bits per heavy atom. The lowest BCUT2D eigenvalue weighted by Crippen LogP contribution is -2.23. The fraction of sp³-hybridized carbons (Fsp3) is 0.167. The van der Waals surface area contributed by atoms with Crippen LogP contribution in [0, 0.1) is 10.1 Å². The van der Waals surface area contributed by atoms with Crippen LogP contribution >= 0.6 is 11.6 Å². The molecule has 1 heterocycles. The maximum atomic E-state index is 12.6. The maximum Gasteiger partial charge on any atom is 0.288 e. The minimum Gasteiger partial charge on any atom is -0.277 e. The van der Waals surface area contributed by atoms with Crippen molar-refractivity contribution in [1.29, 1.82) is 0 Å². The molecule has 8 nitrogen and oxygen atoms in total. The van der Waals surface area contributed by atoms with Gasteiger partial charge in [-0.3, -0.25) is 19.5 Å². The number of hydrogen-bond donors (Lipinski definition) is 1. The third-order valence-corrected chi connectivity index (χ3v) is 4.38. The van der Waals surface area contributed by atoms with E-state index < -0.39 is 4.92 Å². The first-order chi connectivity index (χ1) is 12.9. The molecule has 0 aliphatic rings. The first kappa shape index (κ1) is 18.5. The van der Waals surface area contributed by atoms with Crippen LogP contribution in [-0.2, 0) is 6.54 Å². The van der Waals surface area contributed by atoms with Crippen molar-refractivity contribution in [1.82, 2.24) is 9.55 Å². The molecule has 0 spiro atoms. The molecule has 0 fully saturated rings. The van der Waals surface area contributed by atoms with E-state index in [0.717, 1.165) is 0 Å². The van der Waals surface area contributed by atoms with Crippen molar-refractivity contribution in [2.24, 2.45) is 5.10 Å². The second-order valence-corrected chi connectivity index (χ2v) is 6.14. The lowest BCUT2D eigenvalue weighted by Gasteiger charge is -2.11. The summed E-state index contributed by atoms with van der Waals surface area (Å²) in [6.45, 7) is 3.94. The lowest BCUT2D eigenvalue weighted by molar-refractivity contribution is -0.384. The number of benzene rings is 2. The van der Waals surface area contributed by atoms with E-state index in [9.17, 15) is 14.9 Å². The van der Waals surface area contributed by atoms with E-state index in [1.54, 1.807) is 37.3 Å². The quantitative estimate of drug-likeness (QED) is 0.408. The van der Waals surface area contributed by atoms with Crippen molar-refractivity contribution in [3.63, 3.8) is 0 Å². The molecule has 0 amide bonds. The average molecular weight is 386 g/mol. The highest BCUT2D eigenvalue weighted by molar-refractivity contribution is 6.32. The molecule has 0 saturated heterocycles. The standard InChI is InChI=1S/C18H16ClN5O3/c1-3-23-17(25)13-6-4-5-7-15(13)20-18(23)22-21-11(2)12-8-9-14(19)16(10-12)24(26)27/h4-10H,3H2,1-2H3,(H,20,22)/b21-11-. The highest BCUT2D eigenvalue weighted by atomic mass is 35.5. The second kappa shape index (κ2) is 7.55. The Balaban J connectivity index is 1.99. The number of nitrogens with zero attached hydrogens (tertiary/aromatic N) is 4. The smallest absolute Gasteiger partial charge is 0.277 e. The van der Waals surface area contributed by atoms with Crippen LogP contribution in [0.5, 0.6) is 0 Å². The van der Waals surface area contributed by atoms with E-state index >= 15 is 0 Å². The van der Waals surface area contributed by atoms with Gasteiger partial charge in [-0.05, 0) is 32.0 Å². The predicted octanol–water partition coefficient (Wildman–Crippen LogP) is 3.81. The van der Waals surface area contributed by atoms with Gasteiger partial charge in [0.1, 0.15) is 5.02 Å². The van der Waals surface area contributed by atoms with Gasteiger partial charge in [-0.15, -0.1) is 0 Å². The van der Waals surface area contributed by atoms with Gasteiger partial charge in [0, 0.05) is 18.2 Å². The summed E-state index contributed by atoms with van der Waals surface area (Å²) < 4.78 is 1.48. The average Bonchev–Trinajstić information content (AvgIpc) is 2.66. The van der Waals surface area contributed by atoms with E-state index in [2.05, 4.69) is 15.5 Å². The van der Waals surface area contributed by atoms with Crippen molar-refractivity contribution in [3.05, 3.63) is 73.5 Å². The van der Waals surface area contributed by atoms with Gasteiger partial charge in [-0.2, -0.15) is 5.10 Å². The molecule has 27 heavy (non-hydrogen) atoms. The number of nitrogens with one attached hydrogen (secondary N) is 1. The van der Waals surface area contributed by atoms with Gasteiger partial charge in [0.05, 0.1) is 21.5 Å². The van der Waals surface area contributed by atoms with Crippen molar-refractivity contribution in [2.45, 2.75) is 20.4 Å². The topological polar surface area (TPSA) is 102 Å². The number of hydrogen-bond acceptors (Lipinski definition) is 6. The SMILES string of the molecule is CCn1c(N/N=C(/C)c2ccc(Cl)c([N+](=O)[O-])c2)nc2ccccc2c1=O.